The molecule has 2 bridgehead atoms. The number of fused-ring (bicyclic) bond motifs is 2. The maximum Gasteiger partial charge on any atom is 0.00983 e. The van der Waals surface area contributed by atoms with Crippen LogP contribution >= 0.6 is 0 Å². The highest BCUT2D eigenvalue weighted by Gasteiger charge is 2.44. The van der Waals surface area contributed by atoms with Gasteiger partial charge in [-0.15, -0.1) is 0 Å². The summed E-state index contributed by atoms with van der Waals surface area (Å²) in [6, 6.07) is 0.940. The zero-order chi connectivity index (χ0) is 6.48. The van der Waals surface area contributed by atoms with Crippen LogP contribution in [0.1, 0.15) is 26.2 Å². The fourth-order valence-corrected chi connectivity index (χ4v) is 2.54. The molecule has 1 heteroatoms. The fraction of sp³-hybridized carbons (Fsp3) is 1.00. The quantitative estimate of drug-likeness (QED) is 0.474. The summed E-state index contributed by atoms with van der Waals surface area (Å²) in [5.74, 6) is 0. The Kier molecular flexibility index (Phi) is 0.963. The molecule has 1 saturated heterocycles. The molecular formula is C8H15N. The van der Waals surface area contributed by atoms with Crippen LogP contribution in [0.15, 0.2) is 0 Å². The number of likely N-dealkylation sites (tertiary alicyclic amines) is 1. The minimum atomic E-state index is 0.708. The summed E-state index contributed by atoms with van der Waals surface area (Å²) in [6.45, 7) is 3.77. The third-order valence-electron chi connectivity index (χ3n) is 3.06. The minimum absolute atomic E-state index is 0.708. The van der Waals surface area contributed by atoms with Crippen LogP contribution < -0.4 is 0 Å². The second kappa shape index (κ2) is 1.51. The largest absolute Gasteiger partial charge is 0.303 e. The Morgan fingerprint density at radius 2 is 2.33 bits per heavy atom. The maximum atomic E-state index is 2.52. The van der Waals surface area contributed by atoms with Crippen molar-refractivity contribution in [1.82, 2.24) is 4.90 Å². The van der Waals surface area contributed by atoms with Crippen molar-refractivity contribution in [2.24, 2.45) is 5.41 Å². The van der Waals surface area contributed by atoms with Crippen molar-refractivity contribution < 1.29 is 0 Å². The summed E-state index contributed by atoms with van der Waals surface area (Å²) in [6.07, 6.45) is 4.39. The van der Waals surface area contributed by atoms with Gasteiger partial charge in [-0.2, -0.15) is 0 Å². The van der Waals surface area contributed by atoms with Crippen molar-refractivity contribution in [2.45, 2.75) is 32.2 Å². The van der Waals surface area contributed by atoms with Crippen molar-refractivity contribution in [1.29, 1.82) is 0 Å². The first-order chi connectivity index (χ1) is 4.20. The molecule has 1 heterocycles. The van der Waals surface area contributed by atoms with Gasteiger partial charge in [0.1, 0.15) is 0 Å². The molecule has 0 aromatic heterocycles. The van der Waals surface area contributed by atoms with E-state index in [1.807, 2.05) is 0 Å². The standard InChI is InChI=1S/C8H15N/c1-8-4-3-7(5-8)9(2)6-8/h7H,3-6H2,1-2H3. The van der Waals surface area contributed by atoms with Gasteiger partial charge in [-0.05, 0) is 31.7 Å². The van der Waals surface area contributed by atoms with Gasteiger partial charge in [0.15, 0.2) is 0 Å². The zero-order valence-electron chi connectivity index (χ0n) is 6.35. The Morgan fingerprint density at radius 1 is 1.56 bits per heavy atom. The topological polar surface area (TPSA) is 3.24 Å². The molecule has 2 atom stereocenters. The van der Waals surface area contributed by atoms with Crippen LogP contribution in [0.4, 0.5) is 0 Å². The summed E-state index contributed by atoms with van der Waals surface area (Å²) in [5.41, 5.74) is 0.708. The summed E-state index contributed by atoms with van der Waals surface area (Å²) >= 11 is 0. The molecule has 52 valence electrons. The minimum Gasteiger partial charge on any atom is -0.303 e. The average molecular weight is 125 g/mol. The lowest BCUT2D eigenvalue weighted by Gasteiger charge is -2.26. The third-order valence-corrected chi connectivity index (χ3v) is 3.06. The van der Waals surface area contributed by atoms with Gasteiger partial charge < -0.3 is 4.90 Å². The first kappa shape index (κ1) is 5.72. The molecule has 1 aliphatic heterocycles. The van der Waals surface area contributed by atoms with Crippen LogP contribution in [-0.4, -0.2) is 24.5 Å². The lowest BCUT2D eigenvalue weighted by molar-refractivity contribution is 0.218. The number of rotatable bonds is 0. The van der Waals surface area contributed by atoms with Crippen molar-refractivity contribution in [3.63, 3.8) is 0 Å². The molecule has 1 aliphatic carbocycles. The Bertz CT molecular complexity index is 129. The van der Waals surface area contributed by atoms with Gasteiger partial charge in [-0.1, -0.05) is 6.92 Å². The van der Waals surface area contributed by atoms with E-state index in [2.05, 4.69) is 18.9 Å². The number of hydrogen-bond acceptors (Lipinski definition) is 1. The molecule has 2 unspecified atom stereocenters. The Morgan fingerprint density at radius 3 is 2.56 bits per heavy atom. The van der Waals surface area contributed by atoms with Crippen LogP contribution in [-0.2, 0) is 0 Å². The van der Waals surface area contributed by atoms with E-state index >= 15 is 0 Å². The van der Waals surface area contributed by atoms with Gasteiger partial charge in [0.05, 0.1) is 0 Å². The summed E-state index contributed by atoms with van der Waals surface area (Å²) in [4.78, 5) is 2.52. The van der Waals surface area contributed by atoms with Crippen LogP contribution in [0.25, 0.3) is 0 Å². The predicted octanol–water partition coefficient (Wildman–Crippen LogP) is 1.49. The monoisotopic (exact) mass is 125 g/mol. The van der Waals surface area contributed by atoms with E-state index in [1.165, 1.54) is 25.8 Å². The highest BCUT2D eigenvalue weighted by Crippen LogP contribution is 2.46. The van der Waals surface area contributed by atoms with Crippen LogP contribution in [0.3, 0.4) is 0 Å². The molecule has 2 fully saturated rings. The molecular weight excluding hydrogens is 110 g/mol. The van der Waals surface area contributed by atoms with Crippen molar-refractivity contribution in [3.05, 3.63) is 0 Å². The van der Waals surface area contributed by atoms with E-state index in [0.717, 1.165) is 6.04 Å². The van der Waals surface area contributed by atoms with E-state index in [1.54, 1.807) is 0 Å². The number of hydrogen-bond donors (Lipinski definition) is 0. The van der Waals surface area contributed by atoms with Gasteiger partial charge in [0.25, 0.3) is 0 Å². The smallest absolute Gasteiger partial charge is 0.00983 e. The lowest BCUT2D eigenvalue weighted by Crippen LogP contribution is -2.30. The van der Waals surface area contributed by atoms with Crippen LogP contribution in [0, 0.1) is 5.41 Å². The summed E-state index contributed by atoms with van der Waals surface area (Å²) in [7, 11) is 2.26. The van der Waals surface area contributed by atoms with E-state index in [-0.39, 0.29) is 0 Å². The first-order valence-electron chi connectivity index (χ1n) is 3.90. The predicted molar refractivity (Wildman–Crippen MR) is 38.4 cm³/mol. The normalized spacial score (nSPS) is 50.7. The molecule has 0 aromatic rings. The van der Waals surface area contributed by atoms with Crippen LogP contribution in [0.2, 0.25) is 0 Å². The number of piperidine rings is 1. The Labute approximate surface area is 57.0 Å². The van der Waals surface area contributed by atoms with E-state index < -0.39 is 0 Å². The summed E-state index contributed by atoms with van der Waals surface area (Å²) < 4.78 is 0. The molecule has 0 spiro atoms. The lowest BCUT2D eigenvalue weighted by atomic mass is 9.90. The van der Waals surface area contributed by atoms with Gasteiger partial charge in [0, 0.05) is 12.6 Å². The van der Waals surface area contributed by atoms with Gasteiger partial charge in [0.2, 0.25) is 0 Å². The molecule has 9 heavy (non-hydrogen) atoms. The first-order valence-corrected chi connectivity index (χ1v) is 3.90. The van der Waals surface area contributed by atoms with Crippen molar-refractivity contribution >= 4 is 0 Å². The Hall–Kier alpha value is -0.0400. The molecule has 2 aliphatic rings. The molecule has 0 radical (unpaired) electrons. The summed E-state index contributed by atoms with van der Waals surface area (Å²) in [5, 5.41) is 0. The SMILES string of the molecule is CN1CC2(C)CCC1C2. The maximum absolute atomic E-state index is 2.52. The third kappa shape index (κ3) is 0.710. The molecule has 0 amide bonds. The molecule has 0 aromatic carbocycles. The van der Waals surface area contributed by atoms with Gasteiger partial charge in [-0.3, -0.25) is 0 Å². The molecule has 1 saturated carbocycles. The molecule has 2 rings (SSSR count). The van der Waals surface area contributed by atoms with Gasteiger partial charge >= 0.3 is 0 Å². The molecule has 1 nitrogen and oxygen atoms in total. The fourth-order valence-electron chi connectivity index (χ4n) is 2.54. The van der Waals surface area contributed by atoms with Gasteiger partial charge in [-0.25, -0.2) is 0 Å². The zero-order valence-corrected chi connectivity index (χ0v) is 6.35. The van der Waals surface area contributed by atoms with Crippen LogP contribution in [0.5, 0.6) is 0 Å². The van der Waals surface area contributed by atoms with Crippen molar-refractivity contribution in [3.8, 4) is 0 Å². The van der Waals surface area contributed by atoms with E-state index in [0.29, 0.717) is 5.41 Å². The highest BCUT2D eigenvalue weighted by atomic mass is 15.2. The van der Waals surface area contributed by atoms with E-state index in [4.69, 9.17) is 0 Å². The Balaban J connectivity index is 2.19. The second-order valence-electron chi connectivity index (χ2n) is 4.12. The van der Waals surface area contributed by atoms with Crippen molar-refractivity contribution in [2.75, 3.05) is 13.6 Å². The molecule has 0 N–H and O–H groups in total. The average Bonchev–Trinajstić information content (AvgIpc) is 2.20. The number of nitrogens with zero attached hydrogens (tertiary/aromatic N) is 1. The van der Waals surface area contributed by atoms with E-state index in [9.17, 15) is 0 Å². The highest BCUT2D eigenvalue weighted by molar-refractivity contribution is 4.98. The second-order valence-corrected chi connectivity index (χ2v) is 4.12.